The minimum Gasteiger partial charge on any atom is -0.385 e. The Balaban J connectivity index is 1.72. The number of carbonyl (C=O) groups excluding carboxylic acids is 1. The van der Waals surface area contributed by atoms with Crippen LogP contribution in [0.2, 0.25) is 0 Å². The molecule has 1 aliphatic carbocycles. The van der Waals surface area contributed by atoms with Gasteiger partial charge in [-0.25, -0.2) is 0 Å². The summed E-state index contributed by atoms with van der Waals surface area (Å²) in [6.45, 7) is 3.95. The average molecular weight is 244 g/mol. The maximum atomic E-state index is 12.4. The maximum absolute atomic E-state index is 12.4. The second-order valence-electron chi connectivity index (χ2n) is 5.40. The Morgan fingerprint density at radius 1 is 1.33 bits per heavy atom. The van der Waals surface area contributed by atoms with E-state index in [1.807, 2.05) is 24.3 Å². The van der Waals surface area contributed by atoms with Gasteiger partial charge in [-0.05, 0) is 56.4 Å². The highest BCUT2D eigenvalue weighted by atomic mass is 16.2. The molecule has 3 rings (SSSR count). The van der Waals surface area contributed by atoms with Crippen molar-refractivity contribution in [3.63, 3.8) is 0 Å². The Kier molecular flexibility index (Phi) is 2.98. The molecule has 2 unspecified atom stereocenters. The van der Waals surface area contributed by atoms with Crippen LogP contribution in [0, 0.1) is 5.92 Å². The number of piperidine rings is 1. The van der Waals surface area contributed by atoms with Crippen LogP contribution in [0.4, 0.5) is 5.69 Å². The quantitative estimate of drug-likeness (QED) is 0.886. The lowest BCUT2D eigenvalue weighted by Crippen LogP contribution is -2.37. The number of nitrogens with one attached hydrogen (secondary N) is 1. The standard InChI is InChI=1S/C15H20N2O/c1-2-16-13-6-4-12(5-7-13)15(18)17-10-11-3-8-14(17)9-11/h4-7,11,14,16H,2-3,8-10H2,1H3. The molecule has 18 heavy (non-hydrogen) atoms. The van der Waals surface area contributed by atoms with E-state index in [2.05, 4.69) is 17.1 Å². The van der Waals surface area contributed by atoms with Crippen molar-refractivity contribution in [1.29, 1.82) is 0 Å². The van der Waals surface area contributed by atoms with Crippen molar-refractivity contribution in [2.24, 2.45) is 5.92 Å². The van der Waals surface area contributed by atoms with Gasteiger partial charge < -0.3 is 10.2 Å². The van der Waals surface area contributed by atoms with Crippen LogP contribution in [-0.4, -0.2) is 29.9 Å². The molecule has 1 aromatic carbocycles. The fraction of sp³-hybridized carbons (Fsp3) is 0.533. The second-order valence-corrected chi connectivity index (χ2v) is 5.40. The van der Waals surface area contributed by atoms with Gasteiger partial charge in [0.05, 0.1) is 0 Å². The normalized spacial score (nSPS) is 25.5. The van der Waals surface area contributed by atoms with Crippen molar-refractivity contribution < 1.29 is 4.79 Å². The van der Waals surface area contributed by atoms with E-state index in [9.17, 15) is 4.79 Å². The number of amides is 1. The third-order valence-corrected chi connectivity index (χ3v) is 4.18. The second kappa shape index (κ2) is 4.63. The van der Waals surface area contributed by atoms with Gasteiger partial charge in [0.1, 0.15) is 0 Å². The van der Waals surface area contributed by atoms with E-state index in [4.69, 9.17) is 0 Å². The van der Waals surface area contributed by atoms with Gasteiger partial charge in [0.15, 0.2) is 0 Å². The molecule has 0 aromatic heterocycles. The number of fused-ring (bicyclic) bond motifs is 2. The number of likely N-dealkylation sites (tertiary alicyclic amines) is 1. The summed E-state index contributed by atoms with van der Waals surface area (Å²) in [6.07, 6.45) is 3.74. The third kappa shape index (κ3) is 1.98. The molecule has 96 valence electrons. The Bertz CT molecular complexity index is 440. The Morgan fingerprint density at radius 3 is 2.67 bits per heavy atom. The van der Waals surface area contributed by atoms with E-state index in [0.29, 0.717) is 6.04 Å². The van der Waals surface area contributed by atoms with E-state index < -0.39 is 0 Å². The Hall–Kier alpha value is -1.51. The molecule has 0 radical (unpaired) electrons. The SMILES string of the molecule is CCNc1ccc(C(=O)N2CC3CCC2C3)cc1. The first-order chi connectivity index (χ1) is 8.78. The van der Waals surface area contributed by atoms with Crippen molar-refractivity contribution in [3.8, 4) is 0 Å². The predicted octanol–water partition coefficient (Wildman–Crippen LogP) is 2.74. The number of anilines is 1. The Morgan fingerprint density at radius 2 is 2.11 bits per heavy atom. The van der Waals surface area contributed by atoms with Crippen LogP contribution in [0.5, 0.6) is 0 Å². The molecule has 0 spiro atoms. The molecule has 3 nitrogen and oxygen atoms in total. The first-order valence-corrected chi connectivity index (χ1v) is 6.93. The molecule has 1 aliphatic heterocycles. The van der Waals surface area contributed by atoms with Crippen molar-refractivity contribution in [1.82, 2.24) is 4.90 Å². The topological polar surface area (TPSA) is 32.3 Å². The zero-order valence-electron chi connectivity index (χ0n) is 10.9. The molecule has 2 atom stereocenters. The molecular formula is C15H20N2O. The fourth-order valence-corrected chi connectivity index (χ4v) is 3.27. The summed E-state index contributed by atoms with van der Waals surface area (Å²) in [7, 11) is 0. The minimum absolute atomic E-state index is 0.213. The van der Waals surface area contributed by atoms with Gasteiger partial charge in [-0.15, -0.1) is 0 Å². The number of benzene rings is 1. The third-order valence-electron chi connectivity index (χ3n) is 4.18. The molecule has 2 fully saturated rings. The van der Waals surface area contributed by atoms with Crippen LogP contribution in [0.3, 0.4) is 0 Å². The lowest BCUT2D eigenvalue weighted by molar-refractivity contribution is 0.0703. The van der Waals surface area contributed by atoms with Crippen molar-refractivity contribution in [2.45, 2.75) is 32.2 Å². The first kappa shape index (κ1) is 11.6. The van der Waals surface area contributed by atoms with Gasteiger partial charge >= 0.3 is 0 Å². The van der Waals surface area contributed by atoms with Crippen LogP contribution < -0.4 is 5.32 Å². The largest absolute Gasteiger partial charge is 0.385 e. The molecular weight excluding hydrogens is 224 g/mol. The molecule has 3 heteroatoms. The molecule has 1 amide bonds. The molecule has 2 aliphatic rings. The summed E-state index contributed by atoms with van der Waals surface area (Å²) in [5.41, 5.74) is 1.90. The van der Waals surface area contributed by atoms with Crippen LogP contribution in [0.15, 0.2) is 24.3 Å². The highest BCUT2D eigenvalue weighted by Gasteiger charge is 2.40. The highest BCUT2D eigenvalue weighted by Crippen LogP contribution is 2.38. The number of hydrogen-bond donors (Lipinski definition) is 1. The lowest BCUT2D eigenvalue weighted by atomic mass is 10.1. The monoisotopic (exact) mass is 244 g/mol. The molecule has 1 N–H and O–H groups in total. The smallest absolute Gasteiger partial charge is 0.254 e. The molecule has 2 bridgehead atoms. The van der Waals surface area contributed by atoms with Gasteiger partial charge in [0.2, 0.25) is 0 Å². The predicted molar refractivity (Wildman–Crippen MR) is 72.8 cm³/mol. The summed E-state index contributed by atoms with van der Waals surface area (Å²) in [6, 6.07) is 8.37. The lowest BCUT2D eigenvalue weighted by Gasteiger charge is -2.27. The summed E-state index contributed by atoms with van der Waals surface area (Å²) < 4.78 is 0. The van der Waals surface area contributed by atoms with Crippen molar-refractivity contribution >= 4 is 11.6 Å². The zero-order chi connectivity index (χ0) is 12.5. The van der Waals surface area contributed by atoms with Crippen LogP contribution in [0.1, 0.15) is 36.5 Å². The van der Waals surface area contributed by atoms with E-state index in [1.54, 1.807) is 0 Å². The van der Waals surface area contributed by atoms with Gasteiger partial charge in [0.25, 0.3) is 5.91 Å². The van der Waals surface area contributed by atoms with E-state index in [-0.39, 0.29) is 5.91 Å². The molecule has 1 heterocycles. The first-order valence-electron chi connectivity index (χ1n) is 6.93. The van der Waals surface area contributed by atoms with Crippen LogP contribution >= 0.6 is 0 Å². The number of carbonyl (C=O) groups is 1. The molecule has 1 aromatic rings. The molecule has 1 saturated heterocycles. The number of hydrogen-bond acceptors (Lipinski definition) is 2. The number of nitrogens with zero attached hydrogens (tertiary/aromatic N) is 1. The van der Waals surface area contributed by atoms with Gasteiger partial charge in [0, 0.05) is 30.4 Å². The highest BCUT2D eigenvalue weighted by molar-refractivity contribution is 5.95. The fourth-order valence-electron chi connectivity index (χ4n) is 3.27. The number of rotatable bonds is 3. The summed E-state index contributed by atoms with van der Waals surface area (Å²) >= 11 is 0. The minimum atomic E-state index is 0.213. The van der Waals surface area contributed by atoms with Gasteiger partial charge in [-0.2, -0.15) is 0 Å². The van der Waals surface area contributed by atoms with E-state index in [1.165, 1.54) is 19.3 Å². The molecule has 1 saturated carbocycles. The van der Waals surface area contributed by atoms with E-state index in [0.717, 1.165) is 30.3 Å². The van der Waals surface area contributed by atoms with E-state index >= 15 is 0 Å². The van der Waals surface area contributed by atoms with Gasteiger partial charge in [-0.3, -0.25) is 4.79 Å². The average Bonchev–Trinajstić information content (AvgIpc) is 3.01. The Labute approximate surface area is 108 Å². The van der Waals surface area contributed by atoms with Crippen LogP contribution in [-0.2, 0) is 0 Å². The van der Waals surface area contributed by atoms with Crippen LogP contribution in [0.25, 0.3) is 0 Å². The van der Waals surface area contributed by atoms with Crippen molar-refractivity contribution in [3.05, 3.63) is 29.8 Å². The van der Waals surface area contributed by atoms with Gasteiger partial charge in [-0.1, -0.05) is 0 Å². The maximum Gasteiger partial charge on any atom is 0.254 e. The zero-order valence-corrected chi connectivity index (χ0v) is 10.9. The summed E-state index contributed by atoms with van der Waals surface area (Å²) in [4.78, 5) is 14.5. The van der Waals surface area contributed by atoms with Crippen molar-refractivity contribution in [2.75, 3.05) is 18.4 Å². The summed E-state index contributed by atoms with van der Waals surface area (Å²) in [5, 5.41) is 3.25. The summed E-state index contributed by atoms with van der Waals surface area (Å²) in [5.74, 6) is 0.977.